The van der Waals surface area contributed by atoms with Crippen LogP contribution >= 0.6 is 23.5 Å². The van der Waals surface area contributed by atoms with E-state index >= 15 is 0 Å². The Hall–Kier alpha value is -1.14. The summed E-state index contributed by atoms with van der Waals surface area (Å²) in [5, 5.41) is 8.94. The van der Waals surface area contributed by atoms with E-state index in [1.807, 2.05) is 61.6 Å². The van der Waals surface area contributed by atoms with Crippen LogP contribution in [0.5, 0.6) is 0 Å². The summed E-state index contributed by atoms with van der Waals surface area (Å²) in [6.45, 7) is 3.38. The molecule has 120 valence electrons. The van der Waals surface area contributed by atoms with Crippen LogP contribution in [0.3, 0.4) is 0 Å². The minimum Gasteiger partial charge on any atom is -0.480 e. The van der Waals surface area contributed by atoms with Gasteiger partial charge >= 0.3 is 5.97 Å². The van der Waals surface area contributed by atoms with Gasteiger partial charge < -0.3 is 10.0 Å². The van der Waals surface area contributed by atoms with E-state index in [9.17, 15) is 9.59 Å². The summed E-state index contributed by atoms with van der Waals surface area (Å²) in [4.78, 5) is 24.7. The highest BCUT2D eigenvalue weighted by atomic mass is 32.2. The quantitative estimate of drug-likeness (QED) is 0.890. The Morgan fingerprint density at radius 2 is 1.82 bits per heavy atom. The van der Waals surface area contributed by atoms with E-state index in [-0.39, 0.29) is 18.5 Å². The first-order valence-electron chi connectivity index (χ1n) is 7.35. The molecule has 4 nitrogen and oxygen atoms in total. The van der Waals surface area contributed by atoms with E-state index in [1.165, 1.54) is 28.4 Å². The van der Waals surface area contributed by atoms with E-state index in [4.69, 9.17) is 5.11 Å². The van der Waals surface area contributed by atoms with Gasteiger partial charge in [0.05, 0.1) is 4.58 Å². The van der Waals surface area contributed by atoms with Gasteiger partial charge in [0.1, 0.15) is 6.54 Å². The van der Waals surface area contributed by atoms with Gasteiger partial charge in [-0.2, -0.15) is 0 Å². The summed E-state index contributed by atoms with van der Waals surface area (Å²) >= 11 is 3.88. The number of carbonyl (C=O) groups is 2. The molecule has 1 aliphatic heterocycles. The smallest absolute Gasteiger partial charge is 0.323 e. The zero-order chi connectivity index (χ0) is 16.1. The van der Waals surface area contributed by atoms with Crippen LogP contribution in [0.4, 0.5) is 0 Å². The lowest BCUT2D eigenvalue weighted by Gasteiger charge is -2.25. The van der Waals surface area contributed by atoms with E-state index < -0.39 is 5.97 Å². The number of hydrogen-bond acceptors (Lipinski definition) is 4. The molecular formula is C16H21NO3S2. The summed E-state index contributed by atoms with van der Waals surface area (Å²) in [6.07, 6.45) is 1.25. The summed E-state index contributed by atoms with van der Waals surface area (Å²) in [6, 6.07) is 7.45. The van der Waals surface area contributed by atoms with Gasteiger partial charge in [0.15, 0.2) is 0 Å². The molecule has 6 heteroatoms. The SMILES string of the molecule is CC(C)N(CC(=O)O)C(=O)c1ccc(C2SCCCS2)cc1. The Labute approximate surface area is 139 Å². The van der Waals surface area contributed by atoms with Gasteiger partial charge in [0.25, 0.3) is 5.91 Å². The maximum absolute atomic E-state index is 12.5. The third-order valence-electron chi connectivity index (χ3n) is 3.45. The Bertz CT molecular complexity index is 525. The van der Waals surface area contributed by atoms with Crippen molar-refractivity contribution in [3.05, 3.63) is 35.4 Å². The molecule has 1 N–H and O–H groups in total. The topological polar surface area (TPSA) is 57.6 Å². The molecule has 0 aliphatic carbocycles. The number of amides is 1. The van der Waals surface area contributed by atoms with Gasteiger partial charge in [-0.1, -0.05) is 12.1 Å². The monoisotopic (exact) mass is 339 g/mol. The minimum absolute atomic E-state index is 0.146. The Morgan fingerprint density at radius 1 is 1.23 bits per heavy atom. The molecule has 0 radical (unpaired) electrons. The van der Waals surface area contributed by atoms with Crippen molar-refractivity contribution in [2.75, 3.05) is 18.1 Å². The van der Waals surface area contributed by atoms with Crippen LogP contribution in [0.1, 0.15) is 40.8 Å². The highest BCUT2D eigenvalue weighted by molar-refractivity contribution is 8.16. The number of nitrogens with zero attached hydrogens (tertiary/aromatic N) is 1. The zero-order valence-corrected chi connectivity index (χ0v) is 14.5. The predicted molar refractivity (Wildman–Crippen MR) is 92.5 cm³/mol. The van der Waals surface area contributed by atoms with Gasteiger partial charge in [-0.25, -0.2) is 0 Å². The third kappa shape index (κ3) is 4.43. The van der Waals surface area contributed by atoms with Crippen LogP contribution in [-0.2, 0) is 4.79 Å². The second kappa shape index (κ2) is 7.92. The Morgan fingerprint density at radius 3 is 2.32 bits per heavy atom. The molecule has 22 heavy (non-hydrogen) atoms. The summed E-state index contributed by atoms with van der Waals surface area (Å²) in [7, 11) is 0. The fourth-order valence-electron chi connectivity index (χ4n) is 2.26. The molecule has 0 saturated carbocycles. The molecule has 1 heterocycles. The van der Waals surface area contributed by atoms with Crippen molar-refractivity contribution in [2.24, 2.45) is 0 Å². The number of hydrogen-bond donors (Lipinski definition) is 1. The van der Waals surface area contributed by atoms with Gasteiger partial charge in [-0.3, -0.25) is 9.59 Å². The van der Waals surface area contributed by atoms with Crippen molar-refractivity contribution in [3.8, 4) is 0 Å². The number of carbonyl (C=O) groups excluding carboxylic acids is 1. The van der Waals surface area contributed by atoms with E-state index in [1.54, 1.807) is 0 Å². The average Bonchev–Trinajstić information content (AvgIpc) is 2.52. The molecule has 1 saturated heterocycles. The van der Waals surface area contributed by atoms with Crippen LogP contribution in [-0.4, -0.2) is 46.0 Å². The van der Waals surface area contributed by atoms with Gasteiger partial charge in [-0.15, -0.1) is 23.5 Å². The van der Waals surface area contributed by atoms with Crippen LogP contribution < -0.4 is 0 Å². The lowest BCUT2D eigenvalue weighted by Crippen LogP contribution is -2.40. The average molecular weight is 339 g/mol. The van der Waals surface area contributed by atoms with Crippen LogP contribution in [0, 0.1) is 0 Å². The second-order valence-corrected chi connectivity index (χ2v) is 8.19. The maximum Gasteiger partial charge on any atom is 0.323 e. The molecule has 0 unspecified atom stereocenters. The second-order valence-electron chi connectivity index (χ2n) is 5.47. The molecule has 1 amide bonds. The maximum atomic E-state index is 12.5. The molecule has 1 aliphatic rings. The molecule has 0 bridgehead atoms. The van der Waals surface area contributed by atoms with Crippen molar-refractivity contribution in [2.45, 2.75) is 30.9 Å². The Kier molecular flexibility index (Phi) is 6.20. The Balaban J connectivity index is 2.10. The number of thioether (sulfide) groups is 2. The fraction of sp³-hybridized carbons (Fsp3) is 0.500. The number of benzene rings is 1. The van der Waals surface area contributed by atoms with Crippen molar-refractivity contribution in [1.82, 2.24) is 4.90 Å². The van der Waals surface area contributed by atoms with Gasteiger partial charge in [0, 0.05) is 11.6 Å². The van der Waals surface area contributed by atoms with E-state index in [0.29, 0.717) is 10.1 Å². The van der Waals surface area contributed by atoms with E-state index in [0.717, 1.165) is 0 Å². The van der Waals surface area contributed by atoms with Crippen LogP contribution in [0.25, 0.3) is 0 Å². The van der Waals surface area contributed by atoms with Gasteiger partial charge in [0.2, 0.25) is 0 Å². The molecular weight excluding hydrogens is 318 g/mol. The number of carboxylic acids is 1. The first kappa shape index (κ1) is 17.2. The summed E-state index contributed by atoms with van der Waals surface area (Å²) < 4.78 is 0.443. The fourth-order valence-corrected chi connectivity index (χ4v) is 5.16. The first-order valence-corrected chi connectivity index (χ1v) is 9.44. The van der Waals surface area contributed by atoms with E-state index in [2.05, 4.69) is 0 Å². The molecule has 0 atom stereocenters. The van der Waals surface area contributed by atoms with Crippen LogP contribution in [0.2, 0.25) is 0 Å². The summed E-state index contributed by atoms with van der Waals surface area (Å²) in [5.41, 5.74) is 1.77. The van der Waals surface area contributed by atoms with Crippen molar-refractivity contribution >= 4 is 35.4 Å². The molecule has 1 aromatic carbocycles. The van der Waals surface area contributed by atoms with Crippen molar-refractivity contribution in [1.29, 1.82) is 0 Å². The molecule has 2 rings (SSSR count). The zero-order valence-electron chi connectivity index (χ0n) is 12.8. The van der Waals surface area contributed by atoms with Crippen molar-refractivity contribution in [3.63, 3.8) is 0 Å². The number of carboxylic acid groups (broad SMARTS) is 1. The van der Waals surface area contributed by atoms with Crippen molar-refractivity contribution < 1.29 is 14.7 Å². The normalized spacial score (nSPS) is 15.8. The summed E-state index contributed by atoms with van der Waals surface area (Å²) in [5.74, 6) is 1.14. The van der Waals surface area contributed by atoms with Crippen LogP contribution in [0.15, 0.2) is 24.3 Å². The minimum atomic E-state index is -0.992. The highest BCUT2D eigenvalue weighted by Crippen LogP contribution is 2.43. The third-order valence-corrected chi connectivity index (χ3v) is 6.46. The largest absolute Gasteiger partial charge is 0.480 e. The molecule has 0 aromatic heterocycles. The lowest BCUT2D eigenvalue weighted by atomic mass is 10.1. The number of rotatable bonds is 5. The van der Waals surface area contributed by atoms with Gasteiger partial charge in [-0.05, 0) is 49.5 Å². The number of aliphatic carboxylic acids is 1. The standard InChI is InChI=1S/C16H21NO3S2/c1-11(2)17(10-14(18)19)15(20)12-4-6-13(7-5-12)16-21-8-3-9-22-16/h4-7,11,16H,3,8-10H2,1-2H3,(H,18,19). The lowest BCUT2D eigenvalue weighted by molar-refractivity contribution is -0.138. The molecule has 1 fully saturated rings. The molecule has 1 aromatic rings. The first-order chi connectivity index (χ1) is 10.5. The molecule has 0 spiro atoms. The predicted octanol–water partition coefficient (Wildman–Crippen LogP) is 3.49. The highest BCUT2D eigenvalue weighted by Gasteiger charge is 2.22.